The van der Waals surface area contributed by atoms with E-state index in [0.29, 0.717) is 24.3 Å². The van der Waals surface area contributed by atoms with E-state index < -0.39 is 5.54 Å². The Morgan fingerprint density at radius 3 is 2.71 bits per heavy atom. The van der Waals surface area contributed by atoms with Gasteiger partial charge in [-0.3, -0.25) is 4.79 Å². The minimum Gasteiger partial charge on any atom is -0.506 e. The van der Waals surface area contributed by atoms with Crippen LogP contribution >= 0.6 is 11.6 Å². The number of hydrogen-bond donors (Lipinski definition) is 2. The van der Waals surface area contributed by atoms with E-state index in [4.69, 9.17) is 11.6 Å². The van der Waals surface area contributed by atoms with Crippen LogP contribution in [0.1, 0.15) is 49.4 Å². The van der Waals surface area contributed by atoms with Gasteiger partial charge in [0.05, 0.1) is 11.1 Å². The van der Waals surface area contributed by atoms with Crippen molar-refractivity contribution < 1.29 is 9.90 Å². The summed E-state index contributed by atoms with van der Waals surface area (Å²) in [7, 11) is 0. The molecule has 0 bridgehead atoms. The van der Waals surface area contributed by atoms with Crippen molar-refractivity contribution in [3.63, 3.8) is 0 Å². The molecule has 0 atom stereocenters. The lowest BCUT2D eigenvalue weighted by molar-refractivity contribution is 0.0891. The molecule has 0 heterocycles. The summed E-state index contributed by atoms with van der Waals surface area (Å²) in [6.45, 7) is 2.15. The molecule has 1 aromatic carbocycles. The van der Waals surface area contributed by atoms with Crippen LogP contribution in [0, 0.1) is 17.2 Å². The van der Waals surface area contributed by atoms with Crippen molar-refractivity contribution in [1.29, 1.82) is 5.26 Å². The summed E-state index contributed by atoms with van der Waals surface area (Å²) in [4.78, 5) is 12.3. The summed E-state index contributed by atoms with van der Waals surface area (Å²) < 4.78 is 0. The van der Waals surface area contributed by atoms with E-state index in [1.54, 1.807) is 0 Å². The number of carbonyl (C=O) groups excluding carboxylic acids is 1. The van der Waals surface area contributed by atoms with E-state index >= 15 is 0 Å². The molecule has 21 heavy (non-hydrogen) atoms. The van der Waals surface area contributed by atoms with Gasteiger partial charge in [0.25, 0.3) is 5.91 Å². The molecule has 0 unspecified atom stereocenters. The van der Waals surface area contributed by atoms with Crippen LogP contribution in [0.25, 0.3) is 0 Å². The summed E-state index contributed by atoms with van der Waals surface area (Å²) in [5, 5.41) is 21.8. The topological polar surface area (TPSA) is 73.1 Å². The van der Waals surface area contributed by atoms with Gasteiger partial charge in [-0.25, -0.2) is 0 Å². The molecule has 4 nitrogen and oxygen atoms in total. The summed E-state index contributed by atoms with van der Waals surface area (Å²) in [6, 6.07) is 6.56. The quantitative estimate of drug-likeness (QED) is 0.895. The minimum atomic E-state index is -0.785. The Morgan fingerprint density at radius 2 is 2.19 bits per heavy atom. The molecule has 1 amide bonds. The standard InChI is InChI=1S/C16H19ClN2O2/c1-2-11-5-7-16(10-18,8-6-11)19-15(21)12-3-4-14(20)13(17)9-12/h3-4,9,11,20H,2,5-8H2,1H3,(H,19,21). The van der Waals surface area contributed by atoms with Gasteiger partial charge in [0, 0.05) is 5.56 Å². The lowest BCUT2D eigenvalue weighted by Gasteiger charge is -2.35. The Bertz CT molecular complexity index is 572. The third-order valence-corrected chi connectivity index (χ3v) is 4.62. The third-order valence-electron chi connectivity index (χ3n) is 4.31. The average molecular weight is 307 g/mol. The van der Waals surface area contributed by atoms with Crippen LogP contribution < -0.4 is 5.32 Å². The van der Waals surface area contributed by atoms with Crippen molar-refractivity contribution in [3.8, 4) is 11.8 Å². The highest BCUT2D eigenvalue weighted by Gasteiger charge is 2.36. The molecule has 0 aromatic heterocycles. The molecule has 1 aliphatic rings. The van der Waals surface area contributed by atoms with Crippen molar-refractivity contribution in [3.05, 3.63) is 28.8 Å². The molecular formula is C16H19ClN2O2. The van der Waals surface area contributed by atoms with E-state index in [-0.39, 0.29) is 16.7 Å². The highest BCUT2D eigenvalue weighted by molar-refractivity contribution is 6.32. The lowest BCUT2D eigenvalue weighted by Crippen LogP contribution is -2.49. The van der Waals surface area contributed by atoms with Crippen molar-refractivity contribution in [2.45, 2.75) is 44.6 Å². The number of nitrogens with zero attached hydrogens (tertiary/aromatic N) is 1. The molecule has 5 heteroatoms. The predicted molar refractivity (Wildman–Crippen MR) is 81.2 cm³/mol. The van der Waals surface area contributed by atoms with Crippen LogP contribution in [-0.4, -0.2) is 16.6 Å². The van der Waals surface area contributed by atoms with Crippen molar-refractivity contribution in [2.75, 3.05) is 0 Å². The van der Waals surface area contributed by atoms with Crippen LogP contribution in [0.5, 0.6) is 5.75 Å². The number of benzene rings is 1. The number of amides is 1. The molecule has 0 aliphatic heterocycles. The Balaban J connectivity index is 2.10. The van der Waals surface area contributed by atoms with E-state index in [1.165, 1.54) is 18.2 Å². The normalized spacial score (nSPS) is 25.1. The van der Waals surface area contributed by atoms with E-state index in [2.05, 4.69) is 18.3 Å². The molecule has 1 aromatic rings. The van der Waals surface area contributed by atoms with E-state index in [0.717, 1.165) is 19.3 Å². The summed E-state index contributed by atoms with van der Waals surface area (Å²) in [6.07, 6.45) is 4.39. The summed E-state index contributed by atoms with van der Waals surface area (Å²) in [5.74, 6) is 0.256. The molecule has 1 fully saturated rings. The molecule has 0 radical (unpaired) electrons. The second-order valence-electron chi connectivity index (χ2n) is 5.67. The zero-order valence-electron chi connectivity index (χ0n) is 12.0. The number of carbonyl (C=O) groups is 1. The van der Waals surface area contributed by atoms with Gasteiger partial charge in [-0.05, 0) is 49.8 Å². The number of phenols is 1. The van der Waals surface area contributed by atoms with Crippen LogP contribution in [0.2, 0.25) is 5.02 Å². The molecule has 2 N–H and O–H groups in total. The monoisotopic (exact) mass is 306 g/mol. The number of phenolic OH excluding ortho intramolecular Hbond substituents is 1. The molecule has 1 saturated carbocycles. The van der Waals surface area contributed by atoms with Crippen molar-refractivity contribution in [2.24, 2.45) is 5.92 Å². The number of aromatic hydroxyl groups is 1. The fraction of sp³-hybridized carbons (Fsp3) is 0.500. The molecule has 112 valence electrons. The first-order valence-corrected chi connectivity index (χ1v) is 7.60. The van der Waals surface area contributed by atoms with Crippen LogP contribution in [0.3, 0.4) is 0 Å². The highest BCUT2D eigenvalue weighted by Crippen LogP contribution is 2.33. The van der Waals surface area contributed by atoms with Crippen LogP contribution in [0.4, 0.5) is 0 Å². The molecule has 0 saturated heterocycles. The minimum absolute atomic E-state index is 0.0633. The molecule has 1 aliphatic carbocycles. The molecular weight excluding hydrogens is 288 g/mol. The molecule has 0 spiro atoms. The van der Waals surface area contributed by atoms with Gasteiger partial charge < -0.3 is 10.4 Å². The van der Waals surface area contributed by atoms with E-state index in [1.807, 2.05) is 0 Å². The first-order valence-electron chi connectivity index (χ1n) is 7.22. The second kappa shape index (κ2) is 6.36. The maximum Gasteiger partial charge on any atom is 0.252 e. The van der Waals surface area contributed by atoms with Gasteiger partial charge in [-0.1, -0.05) is 24.9 Å². The smallest absolute Gasteiger partial charge is 0.252 e. The Morgan fingerprint density at radius 1 is 1.52 bits per heavy atom. The number of nitriles is 1. The fourth-order valence-electron chi connectivity index (χ4n) is 2.78. The number of nitrogens with one attached hydrogen (secondary N) is 1. The predicted octanol–water partition coefficient (Wildman–Crippen LogP) is 3.64. The SMILES string of the molecule is CCC1CCC(C#N)(NC(=O)c2ccc(O)c(Cl)c2)CC1. The highest BCUT2D eigenvalue weighted by atomic mass is 35.5. The lowest BCUT2D eigenvalue weighted by atomic mass is 9.76. The first kappa shape index (κ1) is 15.7. The number of rotatable bonds is 3. The van der Waals surface area contributed by atoms with Gasteiger partial charge >= 0.3 is 0 Å². The van der Waals surface area contributed by atoms with Gasteiger partial charge in [0.2, 0.25) is 0 Å². The maximum absolute atomic E-state index is 12.3. The van der Waals surface area contributed by atoms with Crippen LogP contribution in [-0.2, 0) is 0 Å². The van der Waals surface area contributed by atoms with Gasteiger partial charge in [0.1, 0.15) is 11.3 Å². The second-order valence-corrected chi connectivity index (χ2v) is 6.07. The molecule has 2 rings (SSSR count). The number of halogens is 1. The fourth-order valence-corrected chi connectivity index (χ4v) is 2.96. The zero-order valence-corrected chi connectivity index (χ0v) is 12.8. The maximum atomic E-state index is 12.3. The first-order chi connectivity index (χ1) is 9.99. The largest absolute Gasteiger partial charge is 0.506 e. The third kappa shape index (κ3) is 3.48. The number of hydrogen-bond acceptors (Lipinski definition) is 3. The Kier molecular flexibility index (Phi) is 4.74. The van der Waals surface area contributed by atoms with E-state index in [9.17, 15) is 15.2 Å². The van der Waals surface area contributed by atoms with Gasteiger partial charge in [-0.15, -0.1) is 0 Å². The Labute approximate surface area is 129 Å². The Hall–Kier alpha value is -1.73. The summed E-state index contributed by atoms with van der Waals surface area (Å²) in [5.41, 5.74) is -0.433. The van der Waals surface area contributed by atoms with Crippen LogP contribution in [0.15, 0.2) is 18.2 Å². The van der Waals surface area contributed by atoms with Gasteiger partial charge in [-0.2, -0.15) is 5.26 Å². The summed E-state index contributed by atoms with van der Waals surface area (Å²) >= 11 is 5.81. The van der Waals surface area contributed by atoms with Crippen molar-refractivity contribution in [1.82, 2.24) is 5.32 Å². The van der Waals surface area contributed by atoms with Crippen molar-refractivity contribution >= 4 is 17.5 Å². The van der Waals surface area contributed by atoms with Gasteiger partial charge in [0.15, 0.2) is 0 Å². The average Bonchev–Trinajstić information content (AvgIpc) is 2.50. The zero-order chi connectivity index (χ0) is 15.5.